The van der Waals surface area contributed by atoms with Crippen LogP contribution in [-0.2, 0) is 6.42 Å². The molecule has 2 aromatic heterocycles. The number of aromatic amines is 1. The van der Waals surface area contributed by atoms with Crippen LogP contribution >= 0.6 is 0 Å². The van der Waals surface area contributed by atoms with Crippen molar-refractivity contribution in [2.24, 2.45) is 0 Å². The van der Waals surface area contributed by atoms with Gasteiger partial charge in [-0.1, -0.05) is 18.2 Å². The summed E-state index contributed by atoms with van der Waals surface area (Å²) in [4.78, 5) is 7.36. The molecule has 3 N–H and O–H groups in total. The molecule has 4 aromatic rings. The summed E-state index contributed by atoms with van der Waals surface area (Å²) >= 11 is 0. The van der Waals surface area contributed by atoms with Crippen LogP contribution in [0, 0.1) is 0 Å². The molecule has 2 aromatic carbocycles. The zero-order valence-corrected chi connectivity index (χ0v) is 15.2. The third kappa shape index (κ3) is 3.87. The van der Waals surface area contributed by atoms with E-state index in [9.17, 15) is 0 Å². The van der Waals surface area contributed by atoms with Crippen LogP contribution < -0.4 is 15.4 Å². The first kappa shape index (κ1) is 17.0. The summed E-state index contributed by atoms with van der Waals surface area (Å²) < 4.78 is 5.56. The normalized spacial score (nSPS) is 10.7. The first-order valence-corrected chi connectivity index (χ1v) is 8.97. The Hall–Kier alpha value is -3.47. The number of benzene rings is 2. The van der Waals surface area contributed by atoms with Crippen molar-refractivity contribution in [3.05, 3.63) is 78.8 Å². The predicted molar refractivity (Wildman–Crippen MR) is 111 cm³/mol. The Labute approximate surface area is 158 Å². The molecule has 0 atom stereocenters. The molecule has 0 saturated carbocycles. The number of rotatable bonds is 7. The van der Waals surface area contributed by atoms with Gasteiger partial charge in [0.25, 0.3) is 0 Å². The Kier molecular flexibility index (Phi) is 4.92. The number of aromatic nitrogens is 2. The number of nitrogens with zero attached hydrogens (tertiary/aromatic N) is 1. The van der Waals surface area contributed by atoms with Crippen molar-refractivity contribution in [1.29, 1.82) is 0 Å². The molecular weight excluding hydrogens is 336 g/mol. The van der Waals surface area contributed by atoms with Gasteiger partial charge in [-0.3, -0.25) is 4.98 Å². The zero-order chi connectivity index (χ0) is 18.5. The van der Waals surface area contributed by atoms with E-state index in [1.54, 1.807) is 19.5 Å². The molecule has 0 unspecified atom stereocenters. The third-order valence-corrected chi connectivity index (χ3v) is 4.56. The maximum absolute atomic E-state index is 5.56. The van der Waals surface area contributed by atoms with Gasteiger partial charge in [0.1, 0.15) is 5.75 Å². The number of pyridine rings is 1. The van der Waals surface area contributed by atoms with Gasteiger partial charge in [-0.05, 0) is 42.3 Å². The number of H-pyrrole nitrogens is 1. The number of nitrogens with one attached hydrogen (secondary N) is 3. The summed E-state index contributed by atoms with van der Waals surface area (Å²) in [6.07, 6.45) is 6.55. The van der Waals surface area contributed by atoms with Crippen molar-refractivity contribution < 1.29 is 4.74 Å². The van der Waals surface area contributed by atoms with Crippen LogP contribution in [0.1, 0.15) is 5.56 Å². The van der Waals surface area contributed by atoms with E-state index in [4.69, 9.17) is 4.74 Å². The number of anilines is 3. The Morgan fingerprint density at radius 2 is 1.85 bits per heavy atom. The van der Waals surface area contributed by atoms with E-state index in [0.717, 1.165) is 35.8 Å². The summed E-state index contributed by atoms with van der Waals surface area (Å²) in [7, 11) is 1.69. The van der Waals surface area contributed by atoms with Crippen LogP contribution in [0.5, 0.6) is 5.75 Å². The highest BCUT2D eigenvalue weighted by Gasteiger charge is 2.06. The number of hydrogen-bond acceptors (Lipinski definition) is 4. The average molecular weight is 358 g/mol. The van der Waals surface area contributed by atoms with Crippen LogP contribution in [0.3, 0.4) is 0 Å². The molecule has 2 heterocycles. The highest BCUT2D eigenvalue weighted by atomic mass is 16.5. The van der Waals surface area contributed by atoms with Gasteiger partial charge in [-0.2, -0.15) is 0 Å². The molecule has 0 radical (unpaired) electrons. The first-order valence-electron chi connectivity index (χ1n) is 8.97. The lowest BCUT2D eigenvalue weighted by atomic mass is 10.1. The number of para-hydroxylation sites is 1. The van der Waals surface area contributed by atoms with Crippen molar-refractivity contribution in [2.75, 3.05) is 24.3 Å². The fraction of sp³-hybridized carbons (Fsp3) is 0.136. The molecule has 0 fully saturated rings. The monoisotopic (exact) mass is 358 g/mol. The predicted octanol–water partition coefficient (Wildman–Crippen LogP) is 4.97. The maximum Gasteiger partial charge on any atom is 0.144 e. The smallest absolute Gasteiger partial charge is 0.144 e. The topological polar surface area (TPSA) is 62.0 Å². The minimum atomic E-state index is 0.813. The van der Waals surface area contributed by atoms with Gasteiger partial charge in [0.05, 0.1) is 12.8 Å². The molecule has 0 saturated heterocycles. The van der Waals surface area contributed by atoms with Crippen LogP contribution in [0.2, 0.25) is 0 Å². The molecule has 0 aliphatic heterocycles. The Balaban J connectivity index is 1.42. The second-order valence-electron chi connectivity index (χ2n) is 6.31. The fourth-order valence-corrected chi connectivity index (χ4v) is 3.19. The molecule has 5 nitrogen and oxygen atoms in total. The third-order valence-electron chi connectivity index (χ3n) is 4.56. The van der Waals surface area contributed by atoms with E-state index in [2.05, 4.69) is 45.0 Å². The zero-order valence-electron chi connectivity index (χ0n) is 15.2. The highest BCUT2D eigenvalue weighted by molar-refractivity contribution is 5.83. The summed E-state index contributed by atoms with van der Waals surface area (Å²) in [6, 6.07) is 18.3. The molecule has 0 spiro atoms. The van der Waals surface area contributed by atoms with Crippen molar-refractivity contribution in [3.8, 4) is 5.75 Å². The minimum absolute atomic E-state index is 0.813. The number of methoxy groups -OCH3 is 1. The molecule has 136 valence electrons. The SMILES string of the molecule is COc1cc(Nc2ccncc2)ccc1NCCc1c[nH]c2ccccc12. The van der Waals surface area contributed by atoms with Gasteiger partial charge in [0.2, 0.25) is 0 Å². The van der Waals surface area contributed by atoms with E-state index in [1.165, 1.54) is 16.5 Å². The molecular formula is C22H22N4O. The highest BCUT2D eigenvalue weighted by Crippen LogP contribution is 2.29. The van der Waals surface area contributed by atoms with Gasteiger partial charge in [-0.15, -0.1) is 0 Å². The quantitative estimate of drug-likeness (QED) is 0.436. The standard InChI is InChI=1S/C22H22N4O/c1-27-22-14-18(26-17-9-11-23-12-10-17)6-7-21(22)24-13-8-16-15-25-20-5-3-2-4-19(16)20/h2-7,9-12,14-15,24-25H,8,13H2,1H3,(H,23,26). The van der Waals surface area contributed by atoms with Gasteiger partial charge in [0.15, 0.2) is 0 Å². The summed E-state index contributed by atoms with van der Waals surface area (Å²) in [5, 5.41) is 8.11. The van der Waals surface area contributed by atoms with Gasteiger partial charge in [-0.25, -0.2) is 0 Å². The summed E-state index contributed by atoms with van der Waals surface area (Å²) in [5.74, 6) is 0.813. The van der Waals surface area contributed by atoms with Crippen LogP contribution in [0.15, 0.2) is 73.2 Å². The van der Waals surface area contributed by atoms with Gasteiger partial charge < -0.3 is 20.4 Å². The van der Waals surface area contributed by atoms with E-state index < -0.39 is 0 Å². The van der Waals surface area contributed by atoms with Crippen LogP contribution in [0.4, 0.5) is 17.1 Å². The fourth-order valence-electron chi connectivity index (χ4n) is 3.19. The van der Waals surface area contributed by atoms with Crippen molar-refractivity contribution in [3.63, 3.8) is 0 Å². The molecule has 0 aliphatic rings. The molecule has 5 heteroatoms. The molecule has 0 amide bonds. The lowest BCUT2D eigenvalue weighted by molar-refractivity contribution is 0.416. The summed E-state index contributed by atoms with van der Waals surface area (Å²) in [6.45, 7) is 0.829. The molecule has 0 aliphatic carbocycles. The molecule has 27 heavy (non-hydrogen) atoms. The maximum atomic E-state index is 5.56. The van der Waals surface area contributed by atoms with Crippen molar-refractivity contribution >= 4 is 28.0 Å². The van der Waals surface area contributed by atoms with E-state index in [1.807, 2.05) is 36.4 Å². The minimum Gasteiger partial charge on any atom is -0.495 e. The number of fused-ring (bicyclic) bond motifs is 1. The second-order valence-corrected chi connectivity index (χ2v) is 6.31. The average Bonchev–Trinajstić information content (AvgIpc) is 3.13. The van der Waals surface area contributed by atoms with E-state index in [0.29, 0.717) is 0 Å². The number of ether oxygens (including phenoxy) is 1. The van der Waals surface area contributed by atoms with Crippen LogP contribution in [0.25, 0.3) is 10.9 Å². The van der Waals surface area contributed by atoms with Gasteiger partial charge >= 0.3 is 0 Å². The summed E-state index contributed by atoms with van der Waals surface area (Å²) in [5.41, 5.74) is 5.44. The Morgan fingerprint density at radius 1 is 1.00 bits per heavy atom. The van der Waals surface area contributed by atoms with Gasteiger partial charge in [0, 0.05) is 53.5 Å². The molecule has 0 bridgehead atoms. The van der Waals surface area contributed by atoms with E-state index >= 15 is 0 Å². The lowest BCUT2D eigenvalue weighted by Gasteiger charge is -2.14. The Bertz CT molecular complexity index is 1030. The Morgan fingerprint density at radius 3 is 2.70 bits per heavy atom. The number of hydrogen-bond donors (Lipinski definition) is 3. The second kappa shape index (κ2) is 7.83. The van der Waals surface area contributed by atoms with Crippen molar-refractivity contribution in [2.45, 2.75) is 6.42 Å². The van der Waals surface area contributed by atoms with Crippen LogP contribution in [-0.4, -0.2) is 23.6 Å². The first-order chi connectivity index (χ1) is 13.3. The molecule has 4 rings (SSSR count). The lowest BCUT2D eigenvalue weighted by Crippen LogP contribution is -2.06. The van der Waals surface area contributed by atoms with E-state index in [-0.39, 0.29) is 0 Å². The van der Waals surface area contributed by atoms with Crippen molar-refractivity contribution in [1.82, 2.24) is 9.97 Å². The largest absolute Gasteiger partial charge is 0.495 e.